The van der Waals surface area contributed by atoms with Gasteiger partial charge in [0.25, 0.3) is 0 Å². The van der Waals surface area contributed by atoms with Crippen molar-refractivity contribution in [3.8, 4) is 0 Å². The van der Waals surface area contributed by atoms with Gasteiger partial charge in [0.15, 0.2) is 0 Å². The third-order valence-electron chi connectivity index (χ3n) is 1.69. The van der Waals surface area contributed by atoms with E-state index in [0.717, 1.165) is 6.42 Å². The van der Waals surface area contributed by atoms with E-state index in [1.807, 2.05) is 0 Å². The molecule has 0 rings (SSSR count). The molecular weight excluding hydrogens is 120 g/mol. The smallest absolute Gasteiger partial charge is 0.0283 e. The molecule has 0 aromatic rings. The lowest BCUT2D eigenvalue weighted by molar-refractivity contribution is 0.727. The van der Waals surface area contributed by atoms with Crippen molar-refractivity contribution in [1.29, 1.82) is 0 Å². The normalized spacial score (nSPS) is 12.1. The fourth-order valence-electron chi connectivity index (χ4n) is 0.845. The van der Waals surface area contributed by atoms with Crippen LogP contribution in [0.25, 0.3) is 0 Å². The maximum absolute atomic E-state index is 3.92. The quantitative estimate of drug-likeness (QED) is 0.509. The highest BCUT2D eigenvalue weighted by Crippen LogP contribution is 2.04. The van der Waals surface area contributed by atoms with Crippen LogP contribution in [0.3, 0.4) is 0 Å². The van der Waals surface area contributed by atoms with Crippen molar-refractivity contribution in [3.63, 3.8) is 0 Å². The Morgan fingerprint density at radius 2 is 2.00 bits per heavy atom. The molecule has 0 heterocycles. The van der Waals surface area contributed by atoms with Crippen molar-refractivity contribution in [2.75, 3.05) is 0 Å². The van der Waals surface area contributed by atoms with E-state index in [4.69, 9.17) is 0 Å². The van der Waals surface area contributed by atoms with Crippen LogP contribution in [0.5, 0.6) is 0 Å². The summed E-state index contributed by atoms with van der Waals surface area (Å²) in [6.07, 6.45) is 8.58. The largest absolute Gasteiger partial charge is 0.0853 e. The number of hydrogen-bond donors (Lipinski definition) is 0. The molecule has 0 saturated heterocycles. The molecule has 0 aliphatic rings. The number of hydrogen-bond acceptors (Lipinski definition) is 0. The summed E-state index contributed by atoms with van der Waals surface area (Å²) in [5, 5.41) is 0. The van der Waals surface area contributed by atoms with Gasteiger partial charge in [-0.25, -0.2) is 0 Å². The van der Waals surface area contributed by atoms with Crippen molar-refractivity contribution < 1.29 is 0 Å². The van der Waals surface area contributed by atoms with E-state index < -0.39 is 0 Å². The predicted molar refractivity (Wildman–Crippen MR) is 47.9 cm³/mol. The molecule has 0 aliphatic carbocycles. The Balaban J connectivity index is 3.16. The highest BCUT2D eigenvalue weighted by atomic mass is 13.9. The summed E-state index contributed by atoms with van der Waals surface area (Å²) in [6.45, 7) is 8.30. The monoisotopic (exact) mass is 139 g/mol. The summed E-state index contributed by atoms with van der Waals surface area (Å²) in [5.41, 5.74) is 1.29. The van der Waals surface area contributed by atoms with Gasteiger partial charge in [-0.2, -0.15) is 0 Å². The predicted octanol–water partition coefficient (Wildman–Crippen LogP) is 3.74. The molecule has 0 amide bonds. The maximum Gasteiger partial charge on any atom is -0.0283 e. The average molecular weight is 139 g/mol. The zero-order valence-electron chi connectivity index (χ0n) is 7.32. The van der Waals surface area contributed by atoms with E-state index in [-0.39, 0.29) is 0 Å². The highest BCUT2D eigenvalue weighted by Gasteiger charge is 1.84. The van der Waals surface area contributed by atoms with E-state index in [9.17, 15) is 0 Å². The van der Waals surface area contributed by atoms with Gasteiger partial charge in [0.05, 0.1) is 0 Å². The SMILES string of the molecule is [CH2]/C(=C/CCCCC)CC. The lowest BCUT2D eigenvalue weighted by Crippen LogP contribution is -1.75. The molecule has 0 saturated carbocycles. The molecule has 0 fully saturated rings. The Morgan fingerprint density at radius 1 is 1.30 bits per heavy atom. The van der Waals surface area contributed by atoms with Crippen LogP contribution in [0.1, 0.15) is 46.0 Å². The van der Waals surface area contributed by atoms with Crippen LogP contribution >= 0.6 is 0 Å². The van der Waals surface area contributed by atoms with Crippen molar-refractivity contribution in [3.05, 3.63) is 18.6 Å². The van der Waals surface area contributed by atoms with Crippen molar-refractivity contribution in [2.45, 2.75) is 46.0 Å². The molecule has 0 aliphatic heterocycles. The lowest BCUT2D eigenvalue weighted by atomic mass is 10.1. The van der Waals surface area contributed by atoms with E-state index in [0.29, 0.717) is 0 Å². The molecule has 0 spiro atoms. The number of unbranched alkanes of at least 4 members (excludes halogenated alkanes) is 3. The van der Waals surface area contributed by atoms with Gasteiger partial charge < -0.3 is 0 Å². The van der Waals surface area contributed by atoms with Crippen LogP contribution in [0, 0.1) is 6.92 Å². The molecular formula is C10H19. The fraction of sp³-hybridized carbons (Fsp3) is 0.700. The first-order valence-electron chi connectivity index (χ1n) is 4.32. The minimum Gasteiger partial charge on any atom is -0.0853 e. The van der Waals surface area contributed by atoms with E-state index in [2.05, 4.69) is 26.8 Å². The van der Waals surface area contributed by atoms with Crippen molar-refractivity contribution in [1.82, 2.24) is 0 Å². The Kier molecular flexibility index (Phi) is 6.68. The molecule has 10 heavy (non-hydrogen) atoms. The van der Waals surface area contributed by atoms with Crippen molar-refractivity contribution in [2.24, 2.45) is 0 Å². The summed E-state index contributed by atoms with van der Waals surface area (Å²) >= 11 is 0. The first kappa shape index (κ1) is 9.74. The van der Waals surface area contributed by atoms with Gasteiger partial charge in [0, 0.05) is 0 Å². The topological polar surface area (TPSA) is 0 Å². The molecule has 1 radical (unpaired) electrons. The van der Waals surface area contributed by atoms with Gasteiger partial charge in [-0.3, -0.25) is 0 Å². The zero-order valence-corrected chi connectivity index (χ0v) is 7.32. The van der Waals surface area contributed by atoms with Crippen molar-refractivity contribution >= 4 is 0 Å². The van der Waals surface area contributed by atoms with E-state index >= 15 is 0 Å². The number of rotatable bonds is 5. The fourth-order valence-corrected chi connectivity index (χ4v) is 0.845. The second-order valence-electron chi connectivity index (χ2n) is 2.71. The van der Waals surface area contributed by atoms with Crippen LogP contribution in [0.15, 0.2) is 11.6 Å². The maximum atomic E-state index is 3.92. The third-order valence-corrected chi connectivity index (χ3v) is 1.69. The summed E-state index contributed by atoms with van der Waals surface area (Å²) in [7, 11) is 0. The second kappa shape index (κ2) is 6.85. The van der Waals surface area contributed by atoms with Gasteiger partial charge in [0.1, 0.15) is 0 Å². The standard InChI is InChI=1S/C10H19/c1-4-6-7-8-9-10(3)5-2/h9H,3-8H2,1-2H3/b10-9-. The summed E-state index contributed by atoms with van der Waals surface area (Å²) in [6, 6.07) is 0. The Hall–Kier alpha value is -0.260. The number of allylic oxidation sites excluding steroid dienone is 2. The Bertz CT molecular complexity index is 90.2. The van der Waals surface area contributed by atoms with Crippen LogP contribution in [-0.4, -0.2) is 0 Å². The van der Waals surface area contributed by atoms with E-state index in [1.54, 1.807) is 0 Å². The summed E-state index contributed by atoms with van der Waals surface area (Å²) in [4.78, 5) is 0. The zero-order chi connectivity index (χ0) is 7.82. The van der Waals surface area contributed by atoms with Crippen LogP contribution in [-0.2, 0) is 0 Å². The minimum atomic E-state index is 1.10. The molecule has 0 atom stereocenters. The summed E-state index contributed by atoms with van der Waals surface area (Å²) in [5.74, 6) is 0. The molecule has 0 aromatic carbocycles. The molecule has 0 heteroatoms. The van der Waals surface area contributed by atoms with Gasteiger partial charge in [0.2, 0.25) is 0 Å². The molecule has 0 bridgehead atoms. The first-order chi connectivity index (χ1) is 4.81. The third kappa shape index (κ3) is 5.87. The lowest BCUT2D eigenvalue weighted by Gasteiger charge is -1.95. The Labute approximate surface area is 65.3 Å². The van der Waals surface area contributed by atoms with Gasteiger partial charge in [-0.1, -0.05) is 38.3 Å². The molecule has 0 aromatic heterocycles. The van der Waals surface area contributed by atoms with Crippen LogP contribution in [0.2, 0.25) is 0 Å². The minimum absolute atomic E-state index is 1.10. The second-order valence-corrected chi connectivity index (χ2v) is 2.71. The van der Waals surface area contributed by atoms with Crippen LogP contribution in [0.4, 0.5) is 0 Å². The molecule has 0 nitrogen and oxygen atoms in total. The average Bonchev–Trinajstić information content (AvgIpc) is 1.98. The molecule has 0 N–H and O–H groups in total. The van der Waals surface area contributed by atoms with E-state index in [1.165, 1.54) is 31.3 Å². The van der Waals surface area contributed by atoms with Gasteiger partial charge in [-0.15, -0.1) is 0 Å². The van der Waals surface area contributed by atoms with Crippen LogP contribution < -0.4 is 0 Å². The van der Waals surface area contributed by atoms with Gasteiger partial charge in [-0.05, 0) is 26.2 Å². The van der Waals surface area contributed by atoms with Gasteiger partial charge >= 0.3 is 0 Å². The highest BCUT2D eigenvalue weighted by molar-refractivity contribution is 5.03. The molecule has 0 unspecified atom stereocenters. The summed E-state index contributed by atoms with van der Waals surface area (Å²) < 4.78 is 0. The molecule has 59 valence electrons. The first-order valence-corrected chi connectivity index (χ1v) is 4.32. The Morgan fingerprint density at radius 3 is 2.50 bits per heavy atom.